The summed E-state index contributed by atoms with van der Waals surface area (Å²) in [5.74, 6) is -1.15. The van der Waals surface area contributed by atoms with Crippen molar-refractivity contribution in [1.29, 1.82) is 0 Å². The van der Waals surface area contributed by atoms with Crippen LogP contribution in [-0.4, -0.2) is 52.8 Å². The van der Waals surface area contributed by atoms with Crippen LogP contribution in [0.5, 0.6) is 0 Å². The first-order valence-electron chi connectivity index (χ1n) is 13.0. The molecule has 8 nitrogen and oxygen atoms in total. The van der Waals surface area contributed by atoms with Crippen LogP contribution in [0.25, 0.3) is 0 Å². The third kappa shape index (κ3) is 13.2. The van der Waals surface area contributed by atoms with Crippen LogP contribution in [0, 0.1) is 11.8 Å². The molecule has 0 saturated carbocycles. The van der Waals surface area contributed by atoms with Gasteiger partial charge in [-0.3, -0.25) is 9.59 Å². The Kier molecular flexibility index (Phi) is 15.1. The summed E-state index contributed by atoms with van der Waals surface area (Å²) in [5, 5.41) is 19.1. The zero-order valence-electron chi connectivity index (χ0n) is 23.0. The fourth-order valence-electron chi connectivity index (χ4n) is 3.67. The fourth-order valence-corrected chi connectivity index (χ4v) is 3.67. The SMILES string of the molecule is CCCCCCC(O)[C@H](CCC)NC(=O)[C@@H](NC(=O)[C@@H](NC(=O)OC(C)(C)C)C(C)C)C(C)C. The lowest BCUT2D eigenvalue weighted by atomic mass is 9.97. The first-order valence-corrected chi connectivity index (χ1v) is 13.0. The van der Waals surface area contributed by atoms with E-state index in [0.29, 0.717) is 12.8 Å². The number of aliphatic hydroxyl groups is 1. The number of aliphatic hydroxyl groups excluding tert-OH is 1. The summed E-state index contributed by atoms with van der Waals surface area (Å²) >= 11 is 0. The topological polar surface area (TPSA) is 117 Å². The van der Waals surface area contributed by atoms with Crippen molar-refractivity contribution in [3.8, 4) is 0 Å². The van der Waals surface area contributed by atoms with Crippen molar-refractivity contribution in [3.63, 3.8) is 0 Å². The molecule has 3 amide bonds. The van der Waals surface area contributed by atoms with Crippen LogP contribution in [0.3, 0.4) is 0 Å². The third-order valence-electron chi connectivity index (χ3n) is 5.61. The number of hydrogen-bond donors (Lipinski definition) is 4. The van der Waals surface area contributed by atoms with Gasteiger partial charge in [0, 0.05) is 0 Å². The molecule has 0 aliphatic rings. The molecule has 0 heterocycles. The van der Waals surface area contributed by atoms with E-state index >= 15 is 0 Å². The second-order valence-corrected chi connectivity index (χ2v) is 10.9. The highest BCUT2D eigenvalue weighted by atomic mass is 16.6. The van der Waals surface area contributed by atoms with Crippen LogP contribution in [0.2, 0.25) is 0 Å². The van der Waals surface area contributed by atoms with Gasteiger partial charge in [0.25, 0.3) is 0 Å². The van der Waals surface area contributed by atoms with E-state index in [1.807, 2.05) is 34.6 Å². The Labute approximate surface area is 207 Å². The molecule has 1 unspecified atom stereocenters. The van der Waals surface area contributed by atoms with Gasteiger partial charge in [-0.1, -0.05) is 73.6 Å². The molecule has 0 radical (unpaired) electrons. The predicted molar refractivity (Wildman–Crippen MR) is 136 cm³/mol. The van der Waals surface area contributed by atoms with Crippen molar-refractivity contribution in [1.82, 2.24) is 16.0 Å². The summed E-state index contributed by atoms with van der Waals surface area (Å²) in [6.07, 6.45) is 5.06. The lowest BCUT2D eigenvalue weighted by Crippen LogP contribution is -2.59. The molecule has 0 aromatic heterocycles. The largest absolute Gasteiger partial charge is 0.444 e. The summed E-state index contributed by atoms with van der Waals surface area (Å²) in [7, 11) is 0. The normalized spacial score (nSPS) is 15.4. The average Bonchev–Trinajstić information content (AvgIpc) is 2.70. The fraction of sp³-hybridized carbons (Fsp3) is 0.885. The van der Waals surface area contributed by atoms with Crippen LogP contribution in [0.1, 0.15) is 107 Å². The first kappa shape index (κ1) is 32.2. The maximum Gasteiger partial charge on any atom is 0.408 e. The third-order valence-corrected chi connectivity index (χ3v) is 5.61. The van der Waals surface area contributed by atoms with E-state index in [4.69, 9.17) is 4.74 Å². The number of hydrogen-bond acceptors (Lipinski definition) is 5. The smallest absolute Gasteiger partial charge is 0.408 e. The van der Waals surface area contributed by atoms with Crippen molar-refractivity contribution < 1.29 is 24.2 Å². The highest BCUT2D eigenvalue weighted by Crippen LogP contribution is 2.14. The summed E-state index contributed by atoms with van der Waals surface area (Å²) in [5.41, 5.74) is -0.686. The Bertz CT molecular complexity index is 616. The first-order chi connectivity index (χ1) is 15.7. The van der Waals surface area contributed by atoms with Crippen molar-refractivity contribution in [2.45, 2.75) is 137 Å². The van der Waals surface area contributed by atoms with E-state index < -0.39 is 35.8 Å². The monoisotopic (exact) mass is 485 g/mol. The van der Waals surface area contributed by atoms with Crippen LogP contribution in [-0.2, 0) is 14.3 Å². The van der Waals surface area contributed by atoms with Gasteiger partial charge in [-0.05, 0) is 45.4 Å². The lowest BCUT2D eigenvalue weighted by Gasteiger charge is -2.30. The van der Waals surface area contributed by atoms with Gasteiger partial charge in [-0.25, -0.2) is 4.79 Å². The van der Waals surface area contributed by atoms with E-state index in [1.165, 1.54) is 0 Å². The van der Waals surface area contributed by atoms with Gasteiger partial charge in [0.2, 0.25) is 11.8 Å². The number of amides is 3. The Hall–Kier alpha value is -1.83. The highest BCUT2D eigenvalue weighted by Gasteiger charge is 2.33. The summed E-state index contributed by atoms with van der Waals surface area (Å²) in [6, 6.07) is -2.00. The van der Waals surface area contributed by atoms with E-state index in [2.05, 4.69) is 22.9 Å². The molecule has 0 aromatic carbocycles. The van der Waals surface area contributed by atoms with Crippen molar-refractivity contribution >= 4 is 17.9 Å². The minimum Gasteiger partial charge on any atom is -0.444 e. The maximum atomic E-state index is 13.1. The Morgan fingerprint density at radius 2 is 1.29 bits per heavy atom. The molecule has 4 N–H and O–H groups in total. The molecule has 0 saturated heterocycles. The molecule has 34 heavy (non-hydrogen) atoms. The predicted octanol–water partition coefficient (Wildman–Crippen LogP) is 4.29. The molecule has 0 fully saturated rings. The maximum absolute atomic E-state index is 13.1. The number of unbranched alkanes of at least 4 members (excludes halogenated alkanes) is 3. The molecule has 4 atom stereocenters. The lowest BCUT2D eigenvalue weighted by molar-refractivity contribution is -0.132. The average molecular weight is 486 g/mol. The van der Waals surface area contributed by atoms with Gasteiger partial charge in [-0.2, -0.15) is 0 Å². The molecule has 200 valence electrons. The Morgan fingerprint density at radius 1 is 0.765 bits per heavy atom. The van der Waals surface area contributed by atoms with Gasteiger partial charge in [0.1, 0.15) is 17.7 Å². The molecular formula is C26H51N3O5. The van der Waals surface area contributed by atoms with Gasteiger partial charge >= 0.3 is 6.09 Å². The van der Waals surface area contributed by atoms with Crippen LogP contribution in [0.4, 0.5) is 4.79 Å². The Balaban J connectivity index is 5.27. The molecule has 0 rings (SSSR count). The number of alkyl carbamates (subject to hydrolysis) is 1. The number of ether oxygens (including phenoxy) is 1. The van der Waals surface area contributed by atoms with Crippen molar-refractivity contribution in [3.05, 3.63) is 0 Å². The molecule has 8 heteroatoms. The van der Waals surface area contributed by atoms with E-state index in [0.717, 1.165) is 32.1 Å². The zero-order chi connectivity index (χ0) is 26.5. The van der Waals surface area contributed by atoms with Crippen LogP contribution >= 0.6 is 0 Å². The second kappa shape index (κ2) is 16.0. The van der Waals surface area contributed by atoms with E-state index in [1.54, 1.807) is 20.8 Å². The summed E-state index contributed by atoms with van der Waals surface area (Å²) in [6.45, 7) is 16.8. The van der Waals surface area contributed by atoms with E-state index in [-0.39, 0.29) is 23.8 Å². The van der Waals surface area contributed by atoms with Gasteiger partial charge in [0.05, 0.1) is 12.1 Å². The van der Waals surface area contributed by atoms with Crippen molar-refractivity contribution in [2.24, 2.45) is 11.8 Å². The number of carbonyl (C=O) groups is 3. The van der Waals surface area contributed by atoms with Gasteiger partial charge in [-0.15, -0.1) is 0 Å². The quantitative estimate of drug-likeness (QED) is 0.258. The van der Waals surface area contributed by atoms with Crippen molar-refractivity contribution in [2.75, 3.05) is 0 Å². The summed E-state index contributed by atoms with van der Waals surface area (Å²) < 4.78 is 5.28. The minimum atomic E-state index is -0.848. The standard InChI is InChI=1S/C26H51N3O5/c1-10-12-13-14-16-20(30)19(15-11-2)27-23(31)21(17(3)4)28-24(32)22(18(5)6)29-25(33)34-26(7,8)9/h17-22,30H,10-16H2,1-9H3,(H,27,31)(H,28,32)(H,29,33)/t19-,20?,21-,22-/m0/s1. The molecule has 0 aliphatic carbocycles. The number of nitrogens with one attached hydrogen (secondary N) is 3. The minimum absolute atomic E-state index is 0.178. The summed E-state index contributed by atoms with van der Waals surface area (Å²) in [4.78, 5) is 38.4. The van der Waals surface area contributed by atoms with Crippen LogP contribution in [0.15, 0.2) is 0 Å². The number of carbonyl (C=O) groups excluding carboxylic acids is 3. The van der Waals surface area contributed by atoms with Crippen LogP contribution < -0.4 is 16.0 Å². The molecule has 0 aromatic rings. The molecule has 0 spiro atoms. The van der Waals surface area contributed by atoms with Gasteiger partial charge in [0.15, 0.2) is 0 Å². The molecule has 0 bridgehead atoms. The molecular weight excluding hydrogens is 434 g/mol. The molecule has 0 aliphatic heterocycles. The Morgan fingerprint density at radius 3 is 1.76 bits per heavy atom. The van der Waals surface area contributed by atoms with E-state index in [9.17, 15) is 19.5 Å². The van der Waals surface area contributed by atoms with Gasteiger partial charge < -0.3 is 25.8 Å². The highest BCUT2D eigenvalue weighted by molar-refractivity contribution is 5.91. The number of rotatable bonds is 15. The second-order valence-electron chi connectivity index (χ2n) is 10.9. The zero-order valence-corrected chi connectivity index (χ0v) is 23.0.